The molecule has 0 unspecified atom stereocenters. The molecule has 0 radical (unpaired) electrons. The number of nitrogens with one attached hydrogen (secondary N) is 1. The highest BCUT2D eigenvalue weighted by molar-refractivity contribution is 6.33. The summed E-state index contributed by atoms with van der Waals surface area (Å²) in [7, 11) is 0. The molecule has 0 atom stereocenters. The Hall–Kier alpha value is -3.02. The van der Waals surface area contributed by atoms with Gasteiger partial charge in [0.05, 0.1) is 11.3 Å². The molecule has 22 heavy (non-hydrogen) atoms. The number of imide groups is 1. The van der Waals surface area contributed by atoms with Crippen molar-refractivity contribution >= 4 is 29.1 Å². The van der Waals surface area contributed by atoms with E-state index in [1.165, 1.54) is 6.20 Å². The van der Waals surface area contributed by atoms with Gasteiger partial charge >= 0.3 is 0 Å². The van der Waals surface area contributed by atoms with Crippen molar-refractivity contribution in [3.05, 3.63) is 53.9 Å². The van der Waals surface area contributed by atoms with E-state index in [-0.39, 0.29) is 17.2 Å². The minimum atomic E-state index is -0.459. The third kappa shape index (κ3) is 2.24. The lowest BCUT2D eigenvalue weighted by Gasteiger charge is -2.15. The second-order valence-electron chi connectivity index (χ2n) is 4.80. The van der Waals surface area contributed by atoms with E-state index in [0.717, 1.165) is 4.90 Å². The van der Waals surface area contributed by atoms with Gasteiger partial charge in [0.25, 0.3) is 11.8 Å². The van der Waals surface area contributed by atoms with Crippen LogP contribution in [-0.4, -0.2) is 22.7 Å². The number of hydrogen-bond donors (Lipinski definition) is 1. The molecule has 0 spiro atoms. The SMILES string of the molecule is CCC(=O)Nc1cccc(N2C(=O)c3cccnc3C2=O)c1. The van der Waals surface area contributed by atoms with Gasteiger partial charge in [-0.05, 0) is 30.3 Å². The summed E-state index contributed by atoms with van der Waals surface area (Å²) in [5, 5.41) is 2.70. The monoisotopic (exact) mass is 295 g/mol. The summed E-state index contributed by atoms with van der Waals surface area (Å²) < 4.78 is 0. The molecule has 1 aliphatic rings. The first-order valence-electron chi connectivity index (χ1n) is 6.85. The molecule has 6 heteroatoms. The summed E-state index contributed by atoms with van der Waals surface area (Å²) >= 11 is 0. The van der Waals surface area contributed by atoms with Crippen LogP contribution in [0.25, 0.3) is 0 Å². The molecular weight excluding hydrogens is 282 g/mol. The van der Waals surface area contributed by atoms with Crippen LogP contribution < -0.4 is 10.2 Å². The number of fused-ring (bicyclic) bond motifs is 1. The minimum Gasteiger partial charge on any atom is -0.326 e. The summed E-state index contributed by atoms with van der Waals surface area (Å²) in [6, 6.07) is 9.81. The zero-order valence-electron chi connectivity index (χ0n) is 11.9. The molecule has 3 amide bonds. The van der Waals surface area contributed by atoms with Crippen molar-refractivity contribution in [1.29, 1.82) is 0 Å². The zero-order valence-corrected chi connectivity index (χ0v) is 11.9. The van der Waals surface area contributed by atoms with Crippen molar-refractivity contribution in [2.24, 2.45) is 0 Å². The molecule has 1 aromatic heterocycles. The van der Waals surface area contributed by atoms with E-state index in [4.69, 9.17) is 0 Å². The quantitative estimate of drug-likeness (QED) is 0.881. The number of carbonyl (C=O) groups is 3. The first-order chi connectivity index (χ1) is 10.6. The summed E-state index contributed by atoms with van der Waals surface area (Å²) in [5.41, 5.74) is 1.38. The smallest absolute Gasteiger partial charge is 0.284 e. The normalized spacial score (nSPS) is 13.2. The van der Waals surface area contributed by atoms with Gasteiger partial charge in [0.1, 0.15) is 5.69 Å². The van der Waals surface area contributed by atoms with Gasteiger partial charge in [0, 0.05) is 18.3 Å². The average Bonchev–Trinajstić information content (AvgIpc) is 2.79. The van der Waals surface area contributed by atoms with Crippen LogP contribution in [-0.2, 0) is 4.79 Å². The van der Waals surface area contributed by atoms with Crippen molar-refractivity contribution in [2.75, 3.05) is 10.2 Å². The largest absolute Gasteiger partial charge is 0.326 e. The number of carbonyl (C=O) groups excluding carboxylic acids is 3. The highest BCUT2D eigenvalue weighted by atomic mass is 16.2. The number of aromatic nitrogens is 1. The molecule has 2 aromatic rings. The van der Waals surface area contributed by atoms with Gasteiger partial charge in [-0.3, -0.25) is 19.4 Å². The lowest BCUT2D eigenvalue weighted by molar-refractivity contribution is -0.115. The molecule has 1 aliphatic heterocycles. The van der Waals surface area contributed by atoms with Crippen LogP contribution in [0.4, 0.5) is 11.4 Å². The summed E-state index contributed by atoms with van der Waals surface area (Å²) in [4.78, 5) is 41.2. The van der Waals surface area contributed by atoms with E-state index in [9.17, 15) is 14.4 Å². The van der Waals surface area contributed by atoms with E-state index >= 15 is 0 Å². The Bertz CT molecular complexity index is 751. The Morgan fingerprint density at radius 2 is 2.00 bits per heavy atom. The van der Waals surface area contributed by atoms with Crippen molar-refractivity contribution in [1.82, 2.24) is 4.98 Å². The Labute approximate surface area is 126 Å². The molecule has 2 heterocycles. The predicted molar refractivity (Wildman–Crippen MR) is 80.7 cm³/mol. The van der Waals surface area contributed by atoms with Gasteiger partial charge in [-0.25, -0.2) is 4.90 Å². The van der Waals surface area contributed by atoms with Crippen LogP contribution in [0.3, 0.4) is 0 Å². The highest BCUT2D eigenvalue weighted by Gasteiger charge is 2.37. The molecule has 0 saturated heterocycles. The standard InChI is InChI=1S/C16H13N3O3/c1-2-13(20)18-10-5-3-6-11(9-10)19-15(21)12-7-4-8-17-14(12)16(19)22/h3-9H,2H2,1H3,(H,18,20). The number of amides is 3. The number of hydrogen-bond acceptors (Lipinski definition) is 4. The van der Waals surface area contributed by atoms with Gasteiger partial charge in [0.2, 0.25) is 5.91 Å². The lowest BCUT2D eigenvalue weighted by atomic mass is 10.2. The fourth-order valence-electron chi connectivity index (χ4n) is 2.27. The zero-order chi connectivity index (χ0) is 15.7. The van der Waals surface area contributed by atoms with Crippen molar-refractivity contribution < 1.29 is 14.4 Å². The molecule has 1 N–H and O–H groups in total. The van der Waals surface area contributed by atoms with Gasteiger partial charge in [-0.1, -0.05) is 13.0 Å². The molecule has 6 nitrogen and oxygen atoms in total. The molecule has 3 rings (SSSR count). The number of anilines is 2. The van der Waals surface area contributed by atoms with Gasteiger partial charge < -0.3 is 5.32 Å². The van der Waals surface area contributed by atoms with Crippen LogP contribution in [0.1, 0.15) is 34.2 Å². The minimum absolute atomic E-state index is 0.138. The third-order valence-electron chi connectivity index (χ3n) is 3.36. The van der Waals surface area contributed by atoms with Crippen LogP contribution in [0.2, 0.25) is 0 Å². The summed E-state index contributed by atoms with van der Waals surface area (Å²) in [6.07, 6.45) is 1.83. The lowest BCUT2D eigenvalue weighted by Crippen LogP contribution is -2.29. The van der Waals surface area contributed by atoms with Crippen LogP contribution >= 0.6 is 0 Å². The summed E-state index contributed by atoms with van der Waals surface area (Å²) in [5.74, 6) is -1.01. The predicted octanol–water partition coefficient (Wildman–Crippen LogP) is 2.23. The van der Waals surface area contributed by atoms with E-state index in [1.807, 2.05) is 0 Å². The molecular formula is C16H13N3O3. The molecule has 0 saturated carbocycles. The first kappa shape index (κ1) is 13.9. The Kier molecular flexibility index (Phi) is 3.42. The van der Waals surface area contributed by atoms with E-state index in [1.54, 1.807) is 43.3 Å². The molecule has 0 fully saturated rings. The van der Waals surface area contributed by atoms with Crippen molar-refractivity contribution in [3.8, 4) is 0 Å². The average molecular weight is 295 g/mol. The number of pyridine rings is 1. The van der Waals surface area contributed by atoms with Crippen LogP contribution in [0.5, 0.6) is 0 Å². The Balaban J connectivity index is 1.96. The molecule has 0 aliphatic carbocycles. The Morgan fingerprint density at radius 1 is 1.18 bits per heavy atom. The second kappa shape index (κ2) is 5.40. The van der Waals surface area contributed by atoms with E-state index in [2.05, 4.69) is 10.3 Å². The fraction of sp³-hybridized carbons (Fsp3) is 0.125. The summed E-state index contributed by atoms with van der Waals surface area (Å²) in [6.45, 7) is 1.75. The maximum Gasteiger partial charge on any atom is 0.284 e. The van der Waals surface area contributed by atoms with Gasteiger partial charge in [0.15, 0.2) is 0 Å². The van der Waals surface area contributed by atoms with Crippen molar-refractivity contribution in [2.45, 2.75) is 13.3 Å². The molecule has 0 bridgehead atoms. The van der Waals surface area contributed by atoms with Crippen LogP contribution in [0.15, 0.2) is 42.6 Å². The van der Waals surface area contributed by atoms with Gasteiger partial charge in [-0.2, -0.15) is 0 Å². The Morgan fingerprint density at radius 3 is 2.73 bits per heavy atom. The third-order valence-corrected chi connectivity index (χ3v) is 3.36. The fourth-order valence-corrected chi connectivity index (χ4v) is 2.27. The van der Waals surface area contributed by atoms with E-state index < -0.39 is 11.8 Å². The first-order valence-corrected chi connectivity index (χ1v) is 6.85. The molecule has 110 valence electrons. The second-order valence-corrected chi connectivity index (χ2v) is 4.80. The number of rotatable bonds is 3. The van der Waals surface area contributed by atoms with Crippen molar-refractivity contribution in [3.63, 3.8) is 0 Å². The van der Waals surface area contributed by atoms with Crippen LogP contribution in [0, 0.1) is 0 Å². The number of benzene rings is 1. The maximum absolute atomic E-state index is 12.4. The maximum atomic E-state index is 12.4. The van der Waals surface area contributed by atoms with E-state index in [0.29, 0.717) is 17.8 Å². The van der Waals surface area contributed by atoms with Gasteiger partial charge in [-0.15, -0.1) is 0 Å². The highest BCUT2D eigenvalue weighted by Crippen LogP contribution is 2.28. The topological polar surface area (TPSA) is 79.4 Å². The number of nitrogens with zero attached hydrogens (tertiary/aromatic N) is 2. The molecule has 1 aromatic carbocycles.